The number of carbonyl (C=O) groups is 1. The first kappa shape index (κ1) is 33.4. The number of nitrogens with zero attached hydrogens (tertiary/aromatic N) is 4. The molecule has 4 atom stereocenters. The van der Waals surface area contributed by atoms with Crippen LogP contribution in [-0.2, 0) is 0 Å². The quantitative estimate of drug-likeness (QED) is 0.161. The lowest BCUT2D eigenvalue weighted by atomic mass is 9.83. The monoisotopic (exact) mass is 706 g/mol. The molecule has 2 amide bonds. The smallest absolute Gasteiger partial charge is 0.321 e. The van der Waals surface area contributed by atoms with Crippen LogP contribution in [0.15, 0.2) is 118 Å². The number of hydrogen-bond acceptors (Lipinski definition) is 5. The van der Waals surface area contributed by atoms with E-state index in [1.165, 1.54) is 61.1 Å². The van der Waals surface area contributed by atoms with E-state index in [0.717, 1.165) is 11.1 Å². The van der Waals surface area contributed by atoms with Crippen LogP contribution < -0.4 is 0 Å². The van der Waals surface area contributed by atoms with Crippen LogP contribution >= 0.6 is 0 Å². The fraction of sp³-hybridized carbons (Fsp3) is 0.244. The van der Waals surface area contributed by atoms with Crippen molar-refractivity contribution in [3.05, 3.63) is 156 Å². The zero-order valence-corrected chi connectivity index (χ0v) is 28.0. The molecule has 2 aromatic heterocycles. The third-order valence-corrected chi connectivity index (χ3v) is 10.1. The Morgan fingerprint density at radius 3 is 1.25 bits per heavy atom. The Morgan fingerprint density at radius 1 is 0.538 bits per heavy atom. The first-order valence-corrected chi connectivity index (χ1v) is 17.3. The zero-order valence-electron chi connectivity index (χ0n) is 28.0. The molecule has 0 bridgehead atoms. The average Bonchev–Trinajstić information content (AvgIpc) is 3.87. The number of oxazole rings is 2. The van der Waals surface area contributed by atoms with Crippen LogP contribution in [0.2, 0.25) is 0 Å². The second-order valence-corrected chi connectivity index (χ2v) is 13.3. The van der Waals surface area contributed by atoms with Crippen LogP contribution in [0.4, 0.5) is 22.4 Å². The summed E-state index contributed by atoms with van der Waals surface area (Å²) >= 11 is 0. The number of benzene rings is 4. The van der Waals surface area contributed by atoms with Crippen molar-refractivity contribution in [2.24, 2.45) is 0 Å². The molecule has 2 fully saturated rings. The molecule has 2 aliphatic rings. The Hall–Kier alpha value is -5.71. The van der Waals surface area contributed by atoms with Gasteiger partial charge in [-0.25, -0.2) is 32.3 Å². The molecule has 0 aliphatic carbocycles. The van der Waals surface area contributed by atoms with Gasteiger partial charge in [0.1, 0.15) is 47.2 Å². The molecular weight excluding hydrogens is 672 g/mol. The molecule has 8 rings (SSSR count). The van der Waals surface area contributed by atoms with Gasteiger partial charge >= 0.3 is 6.03 Å². The average molecular weight is 707 g/mol. The van der Waals surface area contributed by atoms with Gasteiger partial charge < -0.3 is 18.6 Å². The van der Waals surface area contributed by atoms with Crippen LogP contribution in [0.25, 0.3) is 22.5 Å². The van der Waals surface area contributed by atoms with Crippen LogP contribution in [0.5, 0.6) is 0 Å². The molecular formula is C41H34F4N4O3. The van der Waals surface area contributed by atoms with Gasteiger partial charge in [-0.05, 0) is 110 Å². The fourth-order valence-corrected chi connectivity index (χ4v) is 7.67. The minimum Gasteiger partial charge on any atom is -0.448 e. The van der Waals surface area contributed by atoms with Crippen molar-refractivity contribution in [3.8, 4) is 22.5 Å². The minimum atomic E-state index is -0.553. The third-order valence-electron chi connectivity index (χ3n) is 10.1. The molecule has 264 valence electrons. The van der Waals surface area contributed by atoms with Crippen LogP contribution in [0.3, 0.4) is 0 Å². The van der Waals surface area contributed by atoms with E-state index in [2.05, 4.69) is 0 Å². The highest BCUT2D eigenvalue weighted by molar-refractivity contribution is 5.76. The lowest BCUT2D eigenvalue weighted by Crippen LogP contribution is -2.52. The third kappa shape index (κ3) is 6.58. The maximum absolute atomic E-state index is 15.1. The SMILES string of the molecule is O=C(N1CCCC(c2nc(-c3ccc(F)cc3)co2)[C@H]1c1ccc(F)cc1)N1CCCC(c2nc(-c3ccc(F)cc3)co2)[C@H]1c1ccc(F)cc1. The summed E-state index contributed by atoms with van der Waals surface area (Å²) < 4.78 is 67.9. The van der Waals surface area contributed by atoms with Gasteiger partial charge in [0.25, 0.3) is 0 Å². The normalized spacial score (nSPS) is 20.6. The highest BCUT2D eigenvalue weighted by atomic mass is 19.1. The summed E-state index contributed by atoms with van der Waals surface area (Å²) in [5, 5.41) is 0. The fourth-order valence-electron chi connectivity index (χ4n) is 7.67. The summed E-state index contributed by atoms with van der Waals surface area (Å²) in [6.07, 6.45) is 5.68. The van der Waals surface area contributed by atoms with Crippen molar-refractivity contribution in [1.29, 1.82) is 0 Å². The Bertz CT molecular complexity index is 2000. The number of piperidine rings is 2. The summed E-state index contributed by atoms with van der Waals surface area (Å²) in [5.41, 5.74) is 3.91. The molecule has 11 heteroatoms. The summed E-state index contributed by atoms with van der Waals surface area (Å²) in [6.45, 7) is 0.849. The molecule has 0 radical (unpaired) electrons. The molecule has 7 nitrogen and oxygen atoms in total. The molecule has 2 aliphatic heterocycles. The van der Waals surface area contributed by atoms with Crippen molar-refractivity contribution in [2.45, 2.75) is 49.6 Å². The van der Waals surface area contributed by atoms with E-state index in [1.807, 2.05) is 9.80 Å². The van der Waals surface area contributed by atoms with Gasteiger partial charge in [0.2, 0.25) is 0 Å². The van der Waals surface area contributed by atoms with Crippen molar-refractivity contribution in [1.82, 2.24) is 19.8 Å². The van der Waals surface area contributed by atoms with E-state index < -0.39 is 23.7 Å². The van der Waals surface area contributed by atoms with E-state index in [0.29, 0.717) is 73.1 Å². The second kappa shape index (κ2) is 14.1. The summed E-state index contributed by atoms with van der Waals surface area (Å²) in [6, 6.07) is 22.8. The number of rotatable bonds is 6. The molecule has 0 N–H and O–H groups in total. The first-order valence-electron chi connectivity index (χ1n) is 17.3. The Balaban J connectivity index is 1.16. The highest BCUT2D eigenvalue weighted by Gasteiger charge is 2.45. The molecule has 52 heavy (non-hydrogen) atoms. The molecule has 0 saturated carbocycles. The standard InChI is InChI=1S/C41H34F4N4O3/c42-29-13-5-25(6-14-29)35-23-51-39(46-35)33-3-1-21-48(37(33)27-9-17-31(44)18-10-27)41(50)49-22-2-4-34(38(49)28-11-19-32(45)20-12-28)40-47-36(24-52-40)26-7-15-30(43)16-8-26/h5-20,23-24,33-34,37-38H,1-4,21-22H2/t33?,34?,37-,38-/m1/s1. The van der Waals surface area contributed by atoms with Crippen LogP contribution in [0, 0.1) is 23.3 Å². The Labute approximate surface area is 297 Å². The predicted octanol–water partition coefficient (Wildman–Crippen LogP) is 10.2. The molecule has 6 aromatic rings. The Morgan fingerprint density at radius 2 is 0.885 bits per heavy atom. The van der Waals surface area contributed by atoms with Gasteiger partial charge in [-0.15, -0.1) is 0 Å². The maximum atomic E-state index is 15.1. The van der Waals surface area contributed by atoms with Crippen molar-refractivity contribution >= 4 is 6.03 Å². The lowest BCUT2D eigenvalue weighted by molar-refractivity contribution is 0.0665. The number of carbonyl (C=O) groups excluding carboxylic acids is 1. The maximum Gasteiger partial charge on any atom is 0.321 e. The number of aromatic nitrogens is 2. The zero-order chi connectivity index (χ0) is 35.8. The molecule has 2 saturated heterocycles. The largest absolute Gasteiger partial charge is 0.448 e. The van der Waals surface area contributed by atoms with E-state index in [1.54, 1.807) is 48.5 Å². The molecule has 2 unspecified atom stereocenters. The van der Waals surface area contributed by atoms with Gasteiger partial charge in [0.15, 0.2) is 11.8 Å². The van der Waals surface area contributed by atoms with Gasteiger partial charge in [-0.2, -0.15) is 0 Å². The topological polar surface area (TPSA) is 75.6 Å². The van der Waals surface area contributed by atoms with Gasteiger partial charge in [-0.1, -0.05) is 24.3 Å². The van der Waals surface area contributed by atoms with Crippen LogP contribution in [0.1, 0.15) is 72.5 Å². The molecule has 4 aromatic carbocycles. The number of likely N-dealkylation sites (tertiary alicyclic amines) is 2. The predicted molar refractivity (Wildman–Crippen MR) is 185 cm³/mol. The van der Waals surface area contributed by atoms with Crippen molar-refractivity contribution in [3.63, 3.8) is 0 Å². The van der Waals surface area contributed by atoms with Crippen molar-refractivity contribution < 1.29 is 31.2 Å². The van der Waals surface area contributed by atoms with E-state index >= 15 is 4.79 Å². The molecule has 4 heterocycles. The summed E-state index contributed by atoms with van der Waals surface area (Å²) in [5.74, 6) is -1.41. The first-order chi connectivity index (χ1) is 25.3. The highest BCUT2D eigenvalue weighted by Crippen LogP contribution is 2.47. The summed E-state index contributed by atoms with van der Waals surface area (Å²) in [7, 11) is 0. The number of halogens is 4. The number of hydrogen-bond donors (Lipinski definition) is 0. The van der Waals surface area contributed by atoms with E-state index in [9.17, 15) is 17.6 Å². The van der Waals surface area contributed by atoms with E-state index in [-0.39, 0.29) is 29.5 Å². The molecule has 0 spiro atoms. The summed E-state index contributed by atoms with van der Waals surface area (Å²) in [4.78, 5) is 28.3. The van der Waals surface area contributed by atoms with Crippen molar-refractivity contribution in [2.75, 3.05) is 13.1 Å². The van der Waals surface area contributed by atoms with Gasteiger partial charge in [0, 0.05) is 24.2 Å². The van der Waals surface area contributed by atoms with Gasteiger partial charge in [-0.3, -0.25) is 0 Å². The Kier molecular flexibility index (Phi) is 9.09. The number of amides is 2. The van der Waals surface area contributed by atoms with Crippen LogP contribution in [-0.4, -0.2) is 38.9 Å². The van der Waals surface area contributed by atoms with E-state index in [4.69, 9.17) is 18.8 Å². The lowest BCUT2D eigenvalue weighted by Gasteiger charge is -2.47. The van der Waals surface area contributed by atoms with Gasteiger partial charge in [0.05, 0.1) is 23.9 Å². The minimum absolute atomic E-state index is 0.242. The second-order valence-electron chi connectivity index (χ2n) is 13.3. The number of urea groups is 1.